The van der Waals surface area contributed by atoms with E-state index in [1.807, 2.05) is 0 Å². The maximum atomic E-state index is 5.76. The third kappa shape index (κ3) is 3.43. The Balaban J connectivity index is 2.10. The average Bonchev–Trinajstić information content (AvgIpc) is 3.04. The minimum absolute atomic E-state index is 0.467. The van der Waals surface area contributed by atoms with Gasteiger partial charge < -0.3 is 11.1 Å². The molecule has 1 fully saturated rings. The Hall–Kier alpha value is -1.09. The molecular formula is C14H20N2S. The minimum Gasteiger partial charge on any atom is -0.389 e. The Morgan fingerprint density at radius 1 is 1.53 bits per heavy atom. The fourth-order valence-corrected chi connectivity index (χ4v) is 2.33. The van der Waals surface area contributed by atoms with Crippen molar-refractivity contribution in [2.24, 2.45) is 11.7 Å². The number of benzene rings is 1. The second-order valence-corrected chi connectivity index (χ2v) is 5.58. The van der Waals surface area contributed by atoms with Gasteiger partial charge in [0, 0.05) is 17.3 Å². The van der Waals surface area contributed by atoms with Gasteiger partial charge in [-0.3, -0.25) is 0 Å². The molecule has 17 heavy (non-hydrogen) atoms. The van der Waals surface area contributed by atoms with Crippen LogP contribution in [0.4, 0.5) is 5.69 Å². The van der Waals surface area contributed by atoms with Gasteiger partial charge in [0.15, 0.2) is 0 Å². The first-order valence-corrected chi connectivity index (χ1v) is 6.64. The summed E-state index contributed by atoms with van der Waals surface area (Å²) in [7, 11) is 0. The Morgan fingerprint density at radius 2 is 2.24 bits per heavy atom. The summed E-state index contributed by atoms with van der Waals surface area (Å²) in [5.74, 6) is 0.927. The Morgan fingerprint density at radius 3 is 2.82 bits per heavy atom. The number of nitrogens with one attached hydrogen (secondary N) is 1. The predicted octanol–water partition coefficient (Wildman–Crippen LogP) is 3.23. The minimum atomic E-state index is 0.467. The van der Waals surface area contributed by atoms with Gasteiger partial charge in [-0.25, -0.2) is 0 Å². The number of thiocarbonyl (C=S) groups is 1. The lowest BCUT2D eigenvalue weighted by atomic mass is 10.1. The van der Waals surface area contributed by atoms with Gasteiger partial charge in [-0.2, -0.15) is 0 Å². The van der Waals surface area contributed by atoms with Crippen molar-refractivity contribution in [2.45, 2.75) is 39.2 Å². The van der Waals surface area contributed by atoms with E-state index in [4.69, 9.17) is 18.0 Å². The highest BCUT2D eigenvalue weighted by atomic mass is 32.1. The molecule has 3 heteroatoms. The highest BCUT2D eigenvalue weighted by Gasteiger charge is 2.23. The molecule has 0 bridgehead atoms. The lowest BCUT2D eigenvalue weighted by Gasteiger charge is -2.18. The Labute approximate surface area is 109 Å². The molecule has 1 unspecified atom stereocenters. The largest absolute Gasteiger partial charge is 0.389 e. The molecule has 1 saturated carbocycles. The van der Waals surface area contributed by atoms with Crippen molar-refractivity contribution < 1.29 is 0 Å². The number of rotatable bonds is 5. The second kappa shape index (κ2) is 5.05. The first-order chi connectivity index (χ1) is 8.06. The molecule has 2 nitrogen and oxygen atoms in total. The molecule has 0 amide bonds. The van der Waals surface area contributed by atoms with E-state index < -0.39 is 0 Å². The van der Waals surface area contributed by atoms with Crippen LogP contribution in [0, 0.1) is 12.8 Å². The molecule has 0 radical (unpaired) electrons. The zero-order valence-electron chi connectivity index (χ0n) is 10.5. The summed E-state index contributed by atoms with van der Waals surface area (Å²) < 4.78 is 0. The Bertz CT molecular complexity index is 424. The average molecular weight is 248 g/mol. The van der Waals surface area contributed by atoms with Crippen molar-refractivity contribution in [1.29, 1.82) is 0 Å². The van der Waals surface area contributed by atoms with Gasteiger partial charge in [0.05, 0.1) is 0 Å². The summed E-state index contributed by atoms with van der Waals surface area (Å²) in [6.45, 7) is 4.28. The first kappa shape index (κ1) is 12.4. The van der Waals surface area contributed by atoms with E-state index in [9.17, 15) is 0 Å². The zero-order chi connectivity index (χ0) is 12.4. The number of nitrogens with two attached hydrogens (primary N) is 1. The molecule has 1 atom stereocenters. The fourth-order valence-electron chi connectivity index (χ4n) is 2.17. The highest BCUT2D eigenvalue weighted by molar-refractivity contribution is 7.80. The van der Waals surface area contributed by atoms with Crippen molar-refractivity contribution in [2.75, 3.05) is 5.32 Å². The normalized spacial score (nSPS) is 16.6. The molecule has 0 heterocycles. The zero-order valence-corrected chi connectivity index (χ0v) is 11.3. The molecular weight excluding hydrogens is 228 g/mol. The van der Waals surface area contributed by atoms with Gasteiger partial charge in [0.1, 0.15) is 4.99 Å². The standard InChI is InChI=1S/C14H20N2S/c1-9-3-6-13(12(7-9)14(15)17)16-10(2)8-11-4-5-11/h3,6-7,10-11,16H,4-5,8H2,1-2H3,(H2,15,17). The lowest BCUT2D eigenvalue weighted by molar-refractivity contribution is 0.642. The van der Waals surface area contributed by atoms with Gasteiger partial charge >= 0.3 is 0 Å². The molecule has 1 aromatic carbocycles. The van der Waals surface area contributed by atoms with Crippen molar-refractivity contribution >= 4 is 22.9 Å². The van der Waals surface area contributed by atoms with Crippen LogP contribution in [0.5, 0.6) is 0 Å². The van der Waals surface area contributed by atoms with Crippen LogP contribution in [0.25, 0.3) is 0 Å². The summed E-state index contributed by atoms with van der Waals surface area (Å²) in [5.41, 5.74) is 8.98. The van der Waals surface area contributed by atoms with Crippen LogP contribution >= 0.6 is 12.2 Å². The van der Waals surface area contributed by atoms with E-state index >= 15 is 0 Å². The smallest absolute Gasteiger partial charge is 0.106 e. The first-order valence-electron chi connectivity index (χ1n) is 6.23. The van der Waals surface area contributed by atoms with Gasteiger partial charge in [0.2, 0.25) is 0 Å². The summed E-state index contributed by atoms with van der Waals surface area (Å²) in [4.78, 5) is 0.467. The van der Waals surface area contributed by atoms with E-state index in [2.05, 4.69) is 37.4 Å². The third-order valence-electron chi connectivity index (χ3n) is 3.23. The third-order valence-corrected chi connectivity index (χ3v) is 3.45. The predicted molar refractivity (Wildman–Crippen MR) is 77.5 cm³/mol. The summed E-state index contributed by atoms with van der Waals surface area (Å²) in [6, 6.07) is 6.70. The van der Waals surface area contributed by atoms with Gasteiger partial charge in [-0.15, -0.1) is 0 Å². The van der Waals surface area contributed by atoms with E-state index in [0.717, 1.165) is 17.2 Å². The van der Waals surface area contributed by atoms with Gasteiger partial charge in [0.25, 0.3) is 0 Å². The van der Waals surface area contributed by atoms with Crippen LogP contribution in [0.3, 0.4) is 0 Å². The Kier molecular flexibility index (Phi) is 3.67. The number of hydrogen-bond donors (Lipinski definition) is 2. The highest BCUT2D eigenvalue weighted by Crippen LogP contribution is 2.34. The van der Waals surface area contributed by atoms with Crippen LogP contribution in [0.2, 0.25) is 0 Å². The molecule has 0 aromatic heterocycles. The van der Waals surface area contributed by atoms with Crippen LogP contribution in [0.15, 0.2) is 18.2 Å². The van der Waals surface area contributed by atoms with E-state index in [1.165, 1.54) is 24.8 Å². The summed E-state index contributed by atoms with van der Waals surface area (Å²) in [5, 5.41) is 3.52. The van der Waals surface area contributed by atoms with E-state index in [1.54, 1.807) is 0 Å². The maximum Gasteiger partial charge on any atom is 0.106 e. The van der Waals surface area contributed by atoms with Crippen molar-refractivity contribution in [3.05, 3.63) is 29.3 Å². The summed E-state index contributed by atoms with van der Waals surface area (Å²) >= 11 is 5.10. The number of anilines is 1. The van der Waals surface area contributed by atoms with Crippen molar-refractivity contribution in [3.63, 3.8) is 0 Å². The summed E-state index contributed by atoms with van der Waals surface area (Å²) in [6.07, 6.45) is 4.02. The molecule has 0 aliphatic heterocycles. The topological polar surface area (TPSA) is 38.0 Å². The quantitative estimate of drug-likeness (QED) is 0.786. The number of aryl methyl sites for hydroxylation is 1. The van der Waals surface area contributed by atoms with Gasteiger partial charge in [-0.1, -0.05) is 36.7 Å². The van der Waals surface area contributed by atoms with Crippen LogP contribution in [-0.2, 0) is 0 Å². The van der Waals surface area contributed by atoms with E-state index in [-0.39, 0.29) is 0 Å². The molecule has 3 N–H and O–H groups in total. The molecule has 0 saturated heterocycles. The monoisotopic (exact) mass is 248 g/mol. The van der Waals surface area contributed by atoms with Crippen molar-refractivity contribution in [3.8, 4) is 0 Å². The molecule has 1 aliphatic carbocycles. The van der Waals surface area contributed by atoms with Crippen molar-refractivity contribution in [1.82, 2.24) is 0 Å². The SMILES string of the molecule is Cc1ccc(NC(C)CC2CC2)c(C(N)=S)c1. The molecule has 1 aliphatic rings. The van der Waals surface area contributed by atoms with Gasteiger partial charge in [-0.05, 0) is 38.3 Å². The fraction of sp³-hybridized carbons (Fsp3) is 0.500. The van der Waals surface area contributed by atoms with Crippen LogP contribution < -0.4 is 11.1 Å². The van der Waals surface area contributed by atoms with E-state index in [0.29, 0.717) is 11.0 Å². The lowest BCUT2D eigenvalue weighted by Crippen LogP contribution is -2.20. The maximum absolute atomic E-state index is 5.76. The second-order valence-electron chi connectivity index (χ2n) is 5.14. The number of hydrogen-bond acceptors (Lipinski definition) is 2. The van der Waals surface area contributed by atoms with Crippen LogP contribution in [-0.4, -0.2) is 11.0 Å². The molecule has 0 spiro atoms. The van der Waals surface area contributed by atoms with Crippen LogP contribution in [0.1, 0.15) is 37.3 Å². The molecule has 92 valence electrons. The molecule has 1 aromatic rings. The molecule has 2 rings (SSSR count).